The lowest BCUT2D eigenvalue weighted by Gasteiger charge is -2.35. The number of piperazine rings is 2. The first-order chi connectivity index (χ1) is 31.4. The fourth-order valence-corrected chi connectivity index (χ4v) is 7.80. The molecule has 4 aliphatic rings. The molecule has 2 N–H and O–H groups in total. The first kappa shape index (κ1) is 43.0. The Morgan fingerprint density at radius 1 is 0.469 bits per heavy atom. The normalized spacial score (nSPS) is 15.6. The predicted molar refractivity (Wildman–Crippen MR) is 247 cm³/mol. The third-order valence-corrected chi connectivity index (χ3v) is 11.0. The number of ether oxygens (including phenoxy) is 2. The summed E-state index contributed by atoms with van der Waals surface area (Å²) >= 11 is 0. The highest BCUT2D eigenvalue weighted by Crippen LogP contribution is 2.39. The zero-order valence-electron chi connectivity index (χ0n) is 35.2. The minimum atomic E-state index is -1.26. The van der Waals surface area contributed by atoms with Gasteiger partial charge in [0.1, 0.15) is 23.0 Å². The third-order valence-electron chi connectivity index (χ3n) is 11.0. The Morgan fingerprint density at radius 3 is 1.19 bits per heavy atom. The van der Waals surface area contributed by atoms with E-state index in [1.807, 2.05) is 48.5 Å². The molecule has 0 saturated carbocycles. The van der Waals surface area contributed by atoms with E-state index < -0.39 is 11.9 Å². The van der Waals surface area contributed by atoms with E-state index in [9.17, 15) is 9.59 Å². The van der Waals surface area contributed by atoms with Gasteiger partial charge >= 0.3 is 11.9 Å². The maximum absolute atomic E-state index is 9.55. The molecule has 64 heavy (non-hydrogen) atoms. The van der Waals surface area contributed by atoms with Gasteiger partial charge < -0.3 is 29.5 Å². The Balaban J connectivity index is 0.000000150. The fraction of sp³-hybridized carbons (Fsp3) is 0.200. The van der Waals surface area contributed by atoms with Gasteiger partial charge in [-0.15, -0.1) is 0 Å². The van der Waals surface area contributed by atoms with Gasteiger partial charge in [-0.3, -0.25) is 9.80 Å². The SMILES string of the molecule is C1=C(CN2CCN(c3ncccn3)CC2)c2ccccc2Oc2ccccc21.C1=C(CN2CCN(c3ncccn3)CC2)c2ccccc2Oc2ccccc21.O=C(O)C=CC(=O)O. The van der Waals surface area contributed by atoms with Crippen LogP contribution < -0.4 is 19.3 Å². The molecule has 14 heteroatoms. The molecule has 2 fully saturated rings. The number of anilines is 2. The van der Waals surface area contributed by atoms with Crippen molar-refractivity contribution in [2.45, 2.75) is 0 Å². The topological polar surface area (TPSA) is 158 Å². The number of para-hydroxylation sites is 4. The zero-order chi connectivity index (χ0) is 44.1. The Morgan fingerprint density at radius 2 is 0.812 bits per heavy atom. The van der Waals surface area contributed by atoms with Gasteiger partial charge in [-0.05, 0) is 59.7 Å². The van der Waals surface area contributed by atoms with Crippen molar-refractivity contribution >= 4 is 47.1 Å². The Bertz CT molecular complexity index is 2440. The Labute approximate surface area is 371 Å². The summed E-state index contributed by atoms with van der Waals surface area (Å²) in [6, 6.07) is 36.8. The van der Waals surface area contributed by atoms with E-state index in [4.69, 9.17) is 19.7 Å². The summed E-state index contributed by atoms with van der Waals surface area (Å²) < 4.78 is 12.4. The molecular formula is C50H48N8O6. The highest BCUT2D eigenvalue weighted by molar-refractivity contribution is 5.90. The highest BCUT2D eigenvalue weighted by atomic mass is 16.5. The van der Waals surface area contributed by atoms with Gasteiger partial charge in [0.25, 0.3) is 0 Å². The summed E-state index contributed by atoms with van der Waals surface area (Å²) in [5, 5.41) is 15.6. The molecule has 4 aliphatic heterocycles. The van der Waals surface area contributed by atoms with Crippen LogP contribution in [0, 0.1) is 0 Å². The number of carboxylic acid groups (broad SMARTS) is 2. The van der Waals surface area contributed by atoms with Crippen LogP contribution >= 0.6 is 0 Å². The number of aliphatic carboxylic acids is 2. The summed E-state index contributed by atoms with van der Waals surface area (Å²) in [5.41, 5.74) is 7.20. The van der Waals surface area contributed by atoms with Crippen LogP contribution in [0.1, 0.15) is 22.3 Å². The second kappa shape index (κ2) is 20.9. The monoisotopic (exact) mass is 856 g/mol. The molecule has 0 radical (unpaired) electrons. The van der Waals surface area contributed by atoms with Crippen LogP contribution in [0.4, 0.5) is 11.9 Å². The maximum atomic E-state index is 9.55. The summed E-state index contributed by atoms with van der Waals surface area (Å²) in [5.74, 6) is 2.81. The van der Waals surface area contributed by atoms with Crippen molar-refractivity contribution < 1.29 is 29.3 Å². The van der Waals surface area contributed by atoms with Crippen LogP contribution in [0.2, 0.25) is 0 Å². The second-order valence-corrected chi connectivity index (χ2v) is 15.2. The molecule has 0 amide bonds. The molecule has 0 spiro atoms. The first-order valence-corrected chi connectivity index (χ1v) is 21.1. The van der Waals surface area contributed by atoms with Gasteiger partial charge in [0, 0.05) is 125 Å². The molecule has 0 bridgehead atoms. The van der Waals surface area contributed by atoms with Crippen LogP contribution in [-0.4, -0.2) is 117 Å². The van der Waals surface area contributed by atoms with Gasteiger partial charge in [0.05, 0.1) is 0 Å². The second-order valence-electron chi connectivity index (χ2n) is 15.2. The van der Waals surface area contributed by atoms with Gasteiger partial charge in [-0.25, -0.2) is 29.5 Å². The molecule has 2 aromatic heterocycles. The summed E-state index contributed by atoms with van der Waals surface area (Å²) in [4.78, 5) is 46.1. The van der Waals surface area contributed by atoms with Crippen molar-refractivity contribution in [3.63, 3.8) is 0 Å². The number of nitrogens with zero attached hydrogens (tertiary/aromatic N) is 8. The minimum Gasteiger partial charge on any atom is -0.478 e. The average Bonchev–Trinajstić information content (AvgIpc) is 3.60. The average molecular weight is 857 g/mol. The lowest BCUT2D eigenvalue weighted by molar-refractivity contribution is -0.134. The quantitative estimate of drug-likeness (QED) is 0.144. The van der Waals surface area contributed by atoms with Crippen LogP contribution in [-0.2, 0) is 9.59 Å². The van der Waals surface area contributed by atoms with Crippen LogP contribution in [0.15, 0.2) is 146 Å². The number of fused-ring (bicyclic) bond motifs is 4. The minimum absolute atomic E-state index is 0.558. The number of carboxylic acids is 2. The van der Waals surface area contributed by atoms with Gasteiger partial charge in [0.15, 0.2) is 0 Å². The number of carbonyl (C=O) groups is 2. The molecule has 0 aliphatic carbocycles. The van der Waals surface area contributed by atoms with Crippen LogP contribution in [0.25, 0.3) is 23.3 Å². The lowest BCUT2D eigenvalue weighted by Crippen LogP contribution is -2.47. The summed E-state index contributed by atoms with van der Waals surface area (Å²) in [6.07, 6.45) is 12.9. The predicted octanol–water partition coefficient (Wildman–Crippen LogP) is 7.60. The summed E-state index contributed by atoms with van der Waals surface area (Å²) in [6.45, 7) is 9.49. The van der Waals surface area contributed by atoms with Crippen molar-refractivity contribution in [2.24, 2.45) is 0 Å². The van der Waals surface area contributed by atoms with Crippen molar-refractivity contribution in [1.82, 2.24) is 29.7 Å². The van der Waals surface area contributed by atoms with Crippen molar-refractivity contribution in [1.29, 1.82) is 0 Å². The van der Waals surface area contributed by atoms with Gasteiger partial charge in [-0.2, -0.15) is 0 Å². The van der Waals surface area contributed by atoms with Crippen LogP contribution in [0.5, 0.6) is 23.0 Å². The van der Waals surface area contributed by atoms with E-state index in [0.717, 1.165) is 111 Å². The third kappa shape index (κ3) is 11.2. The van der Waals surface area contributed by atoms with Gasteiger partial charge in [0.2, 0.25) is 11.9 Å². The molecule has 6 aromatic rings. The van der Waals surface area contributed by atoms with E-state index in [1.165, 1.54) is 22.3 Å². The molecule has 0 unspecified atom stereocenters. The van der Waals surface area contributed by atoms with Crippen molar-refractivity contribution in [3.8, 4) is 23.0 Å². The Kier molecular flexibility index (Phi) is 14.1. The molecule has 10 rings (SSSR count). The van der Waals surface area contributed by atoms with E-state index in [-0.39, 0.29) is 0 Å². The molecule has 4 aromatic carbocycles. The largest absolute Gasteiger partial charge is 0.478 e. The Hall–Kier alpha value is -7.68. The molecule has 2 saturated heterocycles. The van der Waals surface area contributed by atoms with E-state index in [2.05, 4.69) is 112 Å². The number of rotatable bonds is 8. The van der Waals surface area contributed by atoms with Crippen molar-refractivity contribution in [2.75, 3.05) is 75.2 Å². The summed E-state index contributed by atoms with van der Waals surface area (Å²) in [7, 11) is 0. The smallest absolute Gasteiger partial charge is 0.328 e. The number of hydrogen-bond donors (Lipinski definition) is 2. The number of hydrogen-bond acceptors (Lipinski definition) is 12. The van der Waals surface area contributed by atoms with Crippen molar-refractivity contribution in [3.05, 3.63) is 168 Å². The molecular weight excluding hydrogens is 809 g/mol. The zero-order valence-corrected chi connectivity index (χ0v) is 35.2. The molecule has 0 atom stereocenters. The highest BCUT2D eigenvalue weighted by Gasteiger charge is 2.24. The molecule has 6 heterocycles. The maximum Gasteiger partial charge on any atom is 0.328 e. The van der Waals surface area contributed by atoms with E-state index >= 15 is 0 Å². The standard InChI is InChI=1S/2C23H22N4O.C4H4O4/c2*1-3-8-21-18(6-1)16-19(20-7-2-4-9-22(20)28-21)17-26-12-14-27(15-13-26)23-24-10-5-11-25-23;5-3(6)1-2-4(7)8/h2*1-11,16H,12-15,17H2;1-2H,(H,5,6)(H,7,8). The first-order valence-electron chi connectivity index (χ1n) is 21.1. The van der Waals surface area contributed by atoms with Gasteiger partial charge in [-0.1, -0.05) is 72.8 Å². The van der Waals surface area contributed by atoms with Crippen LogP contribution in [0.3, 0.4) is 0 Å². The van der Waals surface area contributed by atoms with E-state index in [1.54, 1.807) is 24.8 Å². The lowest BCUT2D eigenvalue weighted by atomic mass is 10.0. The van der Waals surface area contributed by atoms with E-state index in [0.29, 0.717) is 12.2 Å². The number of aromatic nitrogens is 4. The fourth-order valence-electron chi connectivity index (χ4n) is 7.80. The number of benzene rings is 4. The molecule has 324 valence electrons. The molecule has 14 nitrogen and oxygen atoms in total.